The maximum Gasteiger partial charge on any atom is 0.338 e. The number of piperidine rings is 1. The zero-order valence-electron chi connectivity index (χ0n) is 18.0. The van der Waals surface area contributed by atoms with Crippen LogP contribution >= 0.6 is 11.3 Å². The first kappa shape index (κ1) is 21.9. The van der Waals surface area contributed by atoms with Crippen molar-refractivity contribution in [3.8, 4) is 0 Å². The summed E-state index contributed by atoms with van der Waals surface area (Å²) in [5, 5.41) is 3.53. The molecule has 0 spiro atoms. The monoisotopic (exact) mass is 455 g/mol. The molecular weight excluding hydrogens is 430 g/mol. The second-order valence-electron chi connectivity index (χ2n) is 7.87. The summed E-state index contributed by atoms with van der Waals surface area (Å²) < 4.78 is 6.68. The fraction of sp³-hybridized carbons (Fsp3) is 0.409. The minimum Gasteiger partial charge on any atom is -0.462 e. The molecule has 0 aliphatic carbocycles. The van der Waals surface area contributed by atoms with E-state index < -0.39 is 5.97 Å². The Morgan fingerprint density at radius 2 is 2.06 bits per heavy atom. The molecule has 32 heavy (non-hydrogen) atoms. The number of amides is 1. The molecule has 1 aliphatic rings. The van der Waals surface area contributed by atoms with Gasteiger partial charge >= 0.3 is 5.97 Å². The topological polar surface area (TPSA) is 106 Å². The SMILES string of the molecule is CCOC(=O)c1ccc(NC(=O)Cn2cnc3nc(N4CCCC(C)C4)sc3c2=O)cc1. The molecule has 0 saturated carbocycles. The van der Waals surface area contributed by atoms with Crippen LogP contribution in [0.5, 0.6) is 0 Å². The van der Waals surface area contributed by atoms with Gasteiger partial charge in [-0.1, -0.05) is 18.3 Å². The Morgan fingerprint density at radius 3 is 2.78 bits per heavy atom. The Balaban J connectivity index is 1.45. The predicted octanol–water partition coefficient (Wildman–Crippen LogP) is 2.90. The van der Waals surface area contributed by atoms with Gasteiger partial charge in [-0.2, -0.15) is 4.98 Å². The molecule has 1 aliphatic heterocycles. The van der Waals surface area contributed by atoms with Gasteiger partial charge in [-0.3, -0.25) is 14.2 Å². The zero-order chi connectivity index (χ0) is 22.7. The van der Waals surface area contributed by atoms with E-state index in [1.165, 1.54) is 28.7 Å². The lowest BCUT2D eigenvalue weighted by atomic mass is 10.0. The van der Waals surface area contributed by atoms with Gasteiger partial charge in [0.2, 0.25) is 5.91 Å². The van der Waals surface area contributed by atoms with Crippen molar-refractivity contribution in [1.82, 2.24) is 14.5 Å². The lowest BCUT2D eigenvalue weighted by molar-refractivity contribution is -0.116. The highest BCUT2D eigenvalue weighted by molar-refractivity contribution is 7.22. The Hall–Kier alpha value is -3.27. The first-order valence-corrected chi connectivity index (χ1v) is 11.4. The number of carbonyl (C=O) groups is 2. The summed E-state index contributed by atoms with van der Waals surface area (Å²) >= 11 is 1.33. The lowest BCUT2D eigenvalue weighted by Gasteiger charge is -2.30. The summed E-state index contributed by atoms with van der Waals surface area (Å²) in [6.07, 6.45) is 3.67. The van der Waals surface area contributed by atoms with E-state index in [0.717, 1.165) is 24.6 Å². The molecule has 3 heterocycles. The molecule has 1 saturated heterocycles. The number of hydrogen-bond donors (Lipinski definition) is 1. The van der Waals surface area contributed by atoms with E-state index in [9.17, 15) is 14.4 Å². The zero-order valence-corrected chi connectivity index (χ0v) is 18.9. The molecule has 4 rings (SSSR count). The Morgan fingerprint density at radius 1 is 1.28 bits per heavy atom. The number of fused-ring (bicyclic) bond motifs is 1. The van der Waals surface area contributed by atoms with Gasteiger partial charge in [-0.15, -0.1) is 0 Å². The van der Waals surface area contributed by atoms with Crippen molar-refractivity contribution in [2.45, 2.75) is 33.2 Å². The molecule has 3 aromatic rings. The van der Waals surface area contributed by atoms with Crippen LogP contribution in [-0.2, 0) is 16.1 Å². The van der Waals surface area contributed by atoms with Crippen LogP contribution in [-0.4, -0.2) is 46.1 Å². The van der Waals surface area contributed by atoms with Gasteiger partial charge in [0.15, 0.2) is 10.8 Å². The number of benzene rings is 1. The van der Waals surface area contributed by atoms with Crippen LogP contribution in [0.25, 0.3) is 10.3 Å². The highest BCUT2D eigenvalue weighted by atomic mass is 32.1. The fourth-order valence-corrected chi connectivity index (χ4v) is 4.71. The first-order valence-electron chi connectivity index (χ1n) is 10.6. The number of aromatic nitrogens is 3. The number of nitrogens with zero attached hydrogens (tertiary/aromatic N) is 4. The lowest BCUT2D eigenvalue weighted by Crippen LogP contribution is -2.34. The van der Waals surface area contributed by atoms with Crippen molar-refractivity contribution in [3.05, 3.63) is 46.5 Å². The third-order valence-corrected chi connectivity index (χ3v) is 6.39. The van der Waals surface area contributed by atoms with Gasteiger partial charge in [-0.05, 0) is 49.9 Å². The molecule has 0 bridgehead atoms. The summed E-state index contributed by atoms with van der Waals surface area (Å²) in [6.45, 7) is 5.93. The normalized spacial score (nSPS) is 16.2. The molecule has 1 fully saturated rings. The third-order valence-electron chi connectivity index (χ3n) is 5.29. The van der Waals surface area contributed by atoms with Crippen LogP contribution in [0.2, 0.25) is 0 Å². The molecule has 1 unspecified atom stereocenters. The Bertz CT molecular complexity index is 1190. The van der Waals surface area contributed by atoms with Crippen LogP contribution in [0, 0.1) is 5.92 Å². The number of nitrogens with one attached hydrogen (secondary N) is 1. The van der Waals surface area contributed by atoms with E-state index >= 15 is 0 Å². The van der Waals surface area contributed by atoms with Crippen LogP contribution in [0.4, 0.5) is 10.8 Å². The number of thiazole rings is 1. The largest absolute Gasteiger partial charge is 0.462 e. The van der Waals surface area contributed by atoms with Crippen LogP contribution in [0.1, 0.15) is 37.0 Å². The van der Waals surface area contributed by atoms with Crippen LogP contribution in [0.3, 0.4) is 0 Å². The van der Waals surface area contributed by atoms with Gasteiger partial charge in [0, 0.05) is 18.8 Å². The van der Waals surface area contributed by atoms with E-state index in [0.29, 0.717) is 34.1 Å². The first-order chi connectivity index (χ1) is 15.4. The van der Waals surface area contributed by atoms with Crippen molar-refractivity contribution >= 4 is 44.4 Å². The van der Waals surface area contributed by atoms with Crippen LogP contribution in [0.15, 0.2) is 35.4 Å². The Kier molecular flexibility index (Phi) is 6.50. The maximum atomic E-state index is 12.9. The van der Waals surface area contributed by atoms with Gasteiger partial charge in [0.05, 0.1) is 12.2 Å². The second kappa shape index (κ2) is 9.47. The number of hydrogen-bond acceptors (Lipinski definition) is 8. The summed E-state index contributed by atoms with van der Waals surface area (Å²) in [5.41, 5.74) is 1.06. The fourth-order valence-electron chi connectivity index (χ4n) is 3.71. The van der Waals surface area contributed by atoms with Crippen molar-refractivity contribution in [2.24, 2.45) is 5.92 Å². The van der Waals surface area contributed by atoms with Gasteiger partial charge in [0.1, 0.15) is 17.6 Å². The molecule has 9 nitrogen and oxygen atoms in total. The molecule has 1 amide bonds. The molecule has 10 heteroatoms. The molecule has 1 aromatic carbocycles. The molecule has 1 atom stereocenters. The summed E-state index contributed by atoms with van der Waals surface area (Å²) in [5.74, 6) is -0.193. The van der Waals surface area contributed by atoms with Gasteiger partial charge < -0.3 is 15.0 Å². The smallest absolute Gasteiger partial charge is 0.338 e. The summed E-state index contributed by atoms with van der Waals surface area (Å²) in [4.78, 5) is 48.1. The summed E-state index contributed by atoms with van der Waals surface area (Å²) in [7, 11) is 0. The highest BCUT2D eigenvalue weighted by Gasteiger charge is 2.21. The molecule has 0 radical (unpaired) electrons. The predicted molar refractivity (Wildman–Crippen MR) is 123 cm³/mol. The number of carbonyl (C=O) groups excluding carboxylic acids is 2. The number of anilines is 2. The van der Waals surface area contributed by atoms with E-state index in [2.05, 4.69) is 27.1 Å². The quantitative estimate of drug-likeness (QED) is 0.570. The second-order valence-corrected chi connectivity index (χ2v) is 8.84. The molecular formula is C22H25N5O4S. The van der Waals surface area contributed by atoms with Crippen molar-refractivity contribution in [1.29, 1.82) is 0 Å². The average molecular weight is 456 g/mol. The van der Waals surface area contributed by atoms with Crippen LogP contribution < -0.4 is 15.8 Å². The number of ether oxygens (including phenoxy) is 1. The highest BCUT2D eigenvalue weighted by Crippen LogP contribution is 2.29. The molecule has 1 N–H and O–H groups in total. The van der Waals surface area contributed by atoms with Crippen molar-refractivity contribution in [2.75, 3.05) is 29.9 Å². The Labute approximate surface area is 189 Å². The molecule has 168 valence electrons. The number of rotatable bonds is 6. The van der Waals surface area contributed by atoms with E-state index in [1.54, 1.807) is 31.2 Å². The van der Waals surface area contributed by atoms with Crippen molar-refractivity contribution < 1.29 is 14.3 Å². The third kappa shape index (κ3) is 4.80. The minimum atomic E-state index is -0.417. The standard InChI is InChI=1S/C22H25N5O4S/c1-3-31-21(30)15-6-8-16(9-7-15)24-17(28)12-27-13-23-19-18(20(27)29)32-22(25-19)26-10-4-5-14(2)11-26/h6-9,13-14H,3-5,10-12H2,1-2H3,(H,24,28). The van der Waals surface area contributed by atoms with Crippen molar-refractivity contribution in [3.63, 3.8) is 0 Å². The van der Waals surface area contributed by atoms with Gasteiger partial charge in [0.25, 0.3) is 5.56 Å². The molecule has 2 aromatic heterocycles. The minimum absolute atomic E-state index is 0.171. The van der Waals surface area contributed by atoms with E-state index in [1.807, 2.05) is 0 Å². The van der Waals surface area contributed by atoms with E-state index in [4.69, 9.17) is 4.74 Å². The average Bonchev–Trinajstić information content (AvgIpc) is 3.22. The van der Waals surface area contributed by atoms with E-state index in [-0.39, 0.29) is 18.0 Å². The number of esters is 1. The maximum absolute atomic E-state index is 12.9. The van der Waals surface area contributed by atoms with Gasteiger partial charge in [-0.25, -0.2) is 9.78 Å². The summed E-state index contributed by atoms with van der Waals surface area (Å²) in [6, 6.07) is 6.38.